The van der Waals surface area contributed by atoms with Gasteiger partial charge in [-0.05, 0) is 23.8 Å². The monoisotopic (exact) mass is 256 g/mol. The highest BCUT2D eigenvalue weighted by Gasteiger charge is 2.37. The first-order chi connectivity index (χ1) is 9.18. The maximum absolute atomic E-state index is 13.8. The van der Waals surface area contributed by atoms with Crippen molar-refractivity contribution in [2.45, 2.75) is 6.54 Å². The lowest BCUT2D eigenvalue weighted by Gasteiger charge is -2.16. The van der Waals surface area contributed by atoms with Crippen molar-refractivity contribution >= 4 is 17.4 Å². The summed E-state index contributed by atoms with van der Waals surface area (Å²) in [6, 6.07) is 7.61. The van der Waals surface area contributed by atoms with E-state index in [0.717, 1.165) is 10.5 Å². The zero-order chi connectivity index (χ0) is 13.4. The average Bonchev–Trinajstić information content (AvgIpc) is 2.67. The molecule has 4 nitrogen and oxygen atoms in total. The highest BCUT2D eigenvalue weighted by Crippen LogP contribution is 2.32. The summed E-state index contributed by atoms with van der Waals surface area (Å²) in [6.07, 6.45) is 3.19. The molecule has 0 fully saturated rings. The molecule has 2 aromatic rings. The van der Waals surface area contributed by atoms with E-state index in [1.165, 1.54) is 18.2 Å². The number of rotatable bonds is 2. The van der Waals surface area contributed by atoms with Crippen molar-refractivity contribution in [3.05, 3.63) is 59.7 Å². The molecule has 3 rings (SSSR count). The molecule has 0 N–H and O–H groups in total. The lowest BCUT2D eigenvalue weighted by Crippen LogP contribution is -2.29. The number of benzene rings is 1. The van der Waals surface area contributed by atoms with E-state index in [0.29, 0.717) is 0 Å². The van der Waals surface area contributed by atoms with Gasteiger partial charge in [-0.3, -0.25) is 19.5 Å². The van der Waals surface area contributed by atoms with Gasteiger partial charge in [0, 0.05) is 12.4 Å². The molecule has 0 radical (unpaired) electrons. The molecule has 0 unspecified atom stereocenters. The number of hydrogen-bond acceptors (Lipinski definition) is 3. The minimum Gasteiger partial charge on any atom is -0.297 e. The Labute approximate surface area is 108 Å². The second kappa shape index (κ2) is 4.28. The summed E-state index contributed by atoms with van der Waals surface area (Å²) in [7, 11) is 0. The van der Waals surface area contributed by atoms with Crippen molar-refractivity contribution in [1.82, 2.24) is 4.98 Å². The fourth-order valence-electron chi connectivity index (χ4n) is 2.14. The first-order valence-electron chi connectivity index (χ1n) is 5.72. The molecule has 1 aliphatic rings. The van der Waals surface area contributed by atoms with Gasteiger partial charge in [0.25, 0.3) is 11.7 Å². The van der Waals surface area contributed by atoms with Gasteiger partial charge < -0.3 is 0 Å². The zero-order valence-electron chi connectivity index (χ0n) is 9.84. The van der Waals surface area contributed by atoms with Crippen LogP contribution in [0.3, 0.4) is 0 Å². The molecule has 0 aliphatic carbocycles. The van der Waals surface area contributed by atoms with E-state index in [9.17, 15) is 14.0 Å². The predicted octanol–water partition coefficient (Wildman–Crippen LogP) is 1.95. The van der Waals surface area contributed by atoms with Gasteiger partial charge >= 0.3 is 0 Å². The lowest BCUT2D eigenvalue weighted by molar-refractivity contribution is -0.114. The van der Waals surface area contributed by atoms with Crippen LogP contribution in [0.5, 0.6) is 0 Å². The third-order valence-electron chi connectivity index (χ3n) is 3.00. The van der Waals surface area contributed by atoms with Gasteiger partial charge in [-0.25, -0.2) is 4.39 Å². The van der Waals surface area contributed by atoms with Crippen LogP contribution in [0.1, 0.15) is 15.9 Å². The van der Waals surface area contributed by atoms with Crippen LogP contribution in [0.25, 0.3) is 0 Å². The van der Waals surface area contributed by atoms with E-state index in [1.807, 2.05) is 0 Å². The van der Waals surface area contributed by atoms with Crippen LogP contribution in [0.2, 0.25) is 0 Å². The first-order valence-corrected chi connectivity index (χ1v) is 5.72. The van der Waals surface area contributed by atoms with Gasteiger partial charge in [-0.2, -0.15) is 0 Å². The molecule has 5 heteroatoms. The number of nitrogens with zero attached hydrogens (tertiary/aromatic N) is 2. The molecular formula is C14H9FN2O2. The molecule has 0 bridgehead atoms. The molecule has 1 aromatic carbocycles. The molecule has 0 saturated carbocycles. The van der Waals surface area contributed by atoms with Crippen LogP contribution in [0, 0.1) is 5.82 Å². The summed E-state index contributed by atoms with van der Waals surface area (Å²) < 4.78 is 13.8. The molecule has 0 spiro atoms. The van der Waals surface area contributed by atoms with Crippen LogP contribution in [0.15, 0.2) is 42.7 Å². The third-order valence-corrected chi connectivity index (χ3v) is 3.00. The number of carbonyl (C=O) groups is 2. The zero-order valence-corrected chi connectivity index (χ0v) is 9.84. The van der Waals surface area contributed by atoms with Crippen molar-refractivity contribution in [2.24, 2.45) is 0 Å². The average molecular weight is 256 g/mol. The van der Waals surface area contributed by atoms with Crippen molar-refractivity contribution in [1.29, 1.82) is 0 Å². The lowest BCUT2D eigenvalue weighted by atomic mass is 10.1. The molecular weight excluding hydrogens is 247 g/mol. The molecule has 0 atom stereocenters. The number of halogens is 1. The van der Waals surface area contributed by atoms with Gasteiger partial charge in [0.2, 0.25) is 0 Å². The minimum atomic E-state index is -0.705. The Kier molecular flexibility index (Phi) is 2.59. The van der Waals surface area contributed by atoms with Crippen LogP contribution in [-0.4, -0.2) is 16.7 Å². The Morgan fingerprint density at radius 1 is 1.16 bits per heavy atom. The predicted molar refractivity (Wildman–Crippen MR) is 66.2 cm³/mol. The van der Waals surface area contributed by atoms with Crippen molar-refractivity contribution < 1.29 is 14.0 Å². The number of amides is 1. The molecule has 19 heavy (non-hydrogen) atoms. The third kappa shape index (κ3) is 1.79. The van der Waals surface area contributed by atoms with Gasteiger partial charge in [-0.1, -0.05) is 12.1 Å². The van der Waals surface area contributed by atoms with Crippen LogP contribution < -0.4 is 4.90 Å². The maximum atomic E-state index is 13.8. The fraction of sp³-hybridized carbons (Fsp3) is 0.0714. The molecule has 1 amide bonds. The van der Waals surface area contributed by atoms with E-state index in [2.05, 4.69) is 4.98 Å². The smallest absolute Gasteiger partial charge is 0.297 e. The second-order valence-electron chi connectivity index (χ2n) is 4.22. The van der Waals surface area contributed by atoms with E-state index < -0.39 is 17.5 Å². The number of para-hydroxylation sites is 1. The second-order valence-corrected chi connectivity index (χ2v) is 4.22. The summed E-state index contributed by atoms with van der Waals surface area (Å²) in [5.41, 5.74) is 0.912. The Bertz CT molecular complexity index is 670. The van der Waals surface area contributed by atoms with Crippen LogP contribution in [0.4, 0.5) is 10.1 Å². The molecule has 2 heterocycles. The normalized spacial score (nSPS) is 13.8. The summed E-state index contributed by atoms with van der Waals surface area (Å²) in [6.45, 7) is 0.131. The molecule has 94 valence electrons. The van der Waals surface area contributed by atoms with Gasteiger partial charge in [0.1, 0.15) is 5.82 Å². The summed E-state index contributed by atoms with van der Waals surface area (Å²) in [5, 5.41) is 0. The Balaban J connectivity index is 2.04. The molecule has 0 saturated heterocycles. The summed E-state index contributed by atoms with van der Waals surface area (Å²) in [4.78, 5) is 28.8. The molecule has 1 aliphatic heterocycles. The number of aromatic nitrogens is 1. The van der Waals surface area contributed by atoms with E-state index >= 15 is 0 Å². The number of ketones is 1. The molecule has 1 aromatic heterocycles. The SMILES string of the molecule is O=C1C(=O)N(Cc2cccnc2)c2c(F)cccc21. The maximum Gasteiger partial charge on any atom is 0.299 e. The number of pyridine rings is 1. The largest absolute Gasteiger partial charge is 0.299 e. The summed E-state index contributed by atoms with van der Waals surface area (Å²) in [5.74, 6) is -1.94. The number of carbonyl (C=O) groups excluding carboxylic acids is 2. The number of fused-ring (bicyclic) bond motifs is 1. The van der Waals surface area contributed by atoms with Crippen LogP contribution >= 0.6 is 0 Å². The fourth-order valence-corrected chi connectivity index (χ4v) is 2.14. The van der Waals surface area contributed by atoms with E-state index in [1.54, 1.807) is 24.5 Å². The highest BCUT2D eigenvalue weighted by molar-refractivity contribution is 6.52. The minimum absolute atomic E-state index is 0.0568. The van der Waals surface area contributed by atoms with Crippen molar-refractivity contribution in [3.8, 4) is 0 Å². The Hall–Kier alpha value is -2.56. The van der Waals surface area contributed by atoms with E-state index in [-0.39, 0.29) is 17.8 Å². The Morgan fingerprint density at radius 3 is 2.74 bits per heavy atom. The number of Topliss-reactive ketones (excluding diaryl/α,β-unsaturated/α-hetero) is 1. The van der Waals surface area contributed by atoms with Gasteiger partial charge in [0.05, 0.1) is 17.8 Å². The summed E-state index contributed by atoms with van der Waals surface area (Å²) >= 11 is 0. The quantitative estimate of drug-likeness (QED) is 0.772. The van der Waals surface area contributed by atoms with Gasteiger partial charge in [-0.15, -0.1) is 0 Å². The van der Waals surface area contributed by atoms with Crippen LogP contribution in [-0.2, 0) is 11.3 Å². The first kappa shape index (κ1) is 11.5. The standard InChI is InChI=1S/C14H9FN2O2/c15-11-5-1-4-10-12(11)17(14(19)13(10)18)8-9-3-2-6-16-7-9/h1-7H,8H2. The Morgan fingerprint density at radius 2 is 2.00 bits per heavy atom. The number of anilines is 1. The number of hydrogen-bond donors (Lipinski definition) is 0. The van der Waals surface area contributed by atoms with E-state index in [4.69, 9.17) is 0 Å². The van der Waals surface area contributed by atoms with Crippen molar-refractivity contribution in [2.75, 3.05) is 4.90 Å². The van der Waals surface area contributed by atoms with Gasteiger partial charge in [0.15, 0.2) is 0 Å². The topological polar surface area (TPSA) is 50.3 Å². The van der Waals surface area contributed by atoms with Crippen molar-refractivity contribution in [3.63, 3.8) is 0 Å². The highest BCUT2D eigenvalue weighted by atomic mass is 19.1.